The molecule has 6 heteroatoms. The summed E-state index contributed by atoms with van der Waals surface area (Å²) in [4.78, 5) is 14.4. The molecular formula is C17H17BrClNO3. The molecule has 0 radical (unpaired) electrons. The average Bonchev–Trinajstić information content (AvgIpc) is 2.51. The molecule has 0 heterocycles. The molecule has 0 saturated heterocycles. The minimum Gasteiger partial charge on any atom is -0.508 e. The number of rotatable bonds is 5. The fourth-order valence-electron chi connectivity index (χ4n) is 2.27. The minimum atomic E-state index is -0.337. The summed E-state index contributed by atoms with van der Waals surface area (Å²) in [5, 5.41) is 20.4. The van der Waals surface area contributed by atoms with Gasteiger partial charge in [-0.25, -0.2) is 0 Å². The average molecular weight is 399 g/mol. The van der Waals surface area contributed by atoms with Crippen LogP contribution in [0.15, 0.2) is 40.9 Å². The molecule has 0 saturated carbocycles. The van der Waals surface area contributed by atoms with Gasteiger partial charge in [-0.1, -0.05) is 36.7 Å². The predicted molar refractivity (Wildman–Crippen MR) is 94.0 cm³/mol. The number of phenolic OH excluding ortho intramolecular Hbond substituents is 2. The van der Waals surface area contributed by atoms with Gasteiger partial charge < -0.3 is 15.1 Å². The van der Waals surface area contributed by atoms with Crippen LogP contribution >= 0.6 is 27.5 Å². The number of carbonyl (C=O) groups excluding carboxylic acids is 1. The van der Waals surface area contributed by atoms with E-state index in [0.29, 0.717) is 21.6 Å². The van der Waals surface area contributed by atoms with Crippen LogP contribution < -0.4 is 0 Å². The second-order valence-electron chi connectivity index (χ2n) is 5.14. The number of nitrogens with zero attached hydrogens (tertiary/aromatic N) is 1. The maximum atomic E-state index is 12.8. The number of phenols is 2. The fourth-order valence-corrected chi connectivity index (χ4v) is 3.08. The summed E-state index contributed by atoms with van der Waals surface area (Å²) >= 11 is 9.17. The van der Waals surface area contributed by atoms with Crippen molar-refractivity contribution in [1.29, 1.82) is 0 Å². The van der Waals surface area contributed by atoms with Crippen molar-refractivity contribution in [3.8, 4) is 11.5 Å². The van der Waals surface area contributed by atoms with Gasteiger partial charge in [0.05, 0.1) is 10.0 Å². The maximum absolute atomic E-state index is 12.8. The van der Waals surface area contributed by atoms with Crippen LogP contribution in [0.1, 0.15) is 29.3 Å². The second-order valence-corrected chi connectivity index (χ2v) is 6.43. The lowest BCUT2D eigenvalue weighted by molar-refractivity contribution is 0.0739. The van der Waals surface area contributed by atoms with Crippen molar-refractivity contribution < 1.29 is 15.0 Å². The first-order valence-corrected chi connectivity index (χ1v) is 8.35. The van der Waals surface area contributed by atoms with E-state index >= 15 is 0 Å². The molecule has 2 aromatic carbocycles. The first-order chi connectivity index (χ1) is 10.9. The quantitative estimate of drug-likeness (QED) is 0.776. The number of aromatic hydroxyl groups is 2. The van der Waals surface area contributed by atoms with E-state index in [1.807, 2.05) is 6.92 Å². The van der Waals surface area contributed by atoms with Gasteiger partial charge in [-0.3, -0.25) is 4.79 Å². The molecule has 0 unspecified atom stereocenters. The van der Waals surface area contributed by atoms with E-state index in [0.717, 1.165) is 6.42 Å². The summed E-state index contributed by atoms with van der Waals surface area (Å²) < 4.78 is 0.368. The van der Waals surface area contributed by atoms with Crippen LogP contribution in [-0.4, -0.2) is 27.6 Å². The van der Waals surface area contributed by atoms with Crippen LogP contribution in [0.3, 0.4) is 0 Å². The Morgan fingerprint density at radius 1 is 1.26 bits per heavy atom. The highest BCUT2D eigenvalue weighted by Gasteiger charge is 2.21. The third-order valence-corrected chi connectivity index (χ3v) is 4.21. The first-order valence-electron chi connectivity index (χ1n) is 7.18. The molecule has 23 heavy (non-hydrogen) atoms. The molecule has 2 rings (SSSR count). The second kappa shape index (κ2) is 7.70. The molecule has 0 aliphatic heterocycles. The third kappa shape index (κ3) is 4.18. The topological polar surface area (TPSA) is 60.8 Å². The number of hydrogen-bond donors (Lipinski definition) is 2. The van der Waals surface area contributed by atoms with Crippen LogP contribution in [0.25, 0.3) is 0 Å². The Labute approximate surface area is 148 Å². The number of halogens is 2. The Kier molecular flexibility index (Phi) is 5.91. The van der Waals surface area contributed by atoms with Gasteiger partial charge in [-0.05, 0) is 40.5 Å². The minimum absolute atomic E-state index is 0.133. The Balaban J connectivity index is 2.34. The fraction of sp³-hybridized carbons (Fsp3) is 0.235. The first kappa shape index (κ1) is 17.6. The zero-order chi connectivity index (χ0) is 17.0. The largest absolute Gasteiger partial charge is 0.508 e. The van der Waals surface area contributed by atoms with Gasteiger partial charge in [-0.15, -0.1) is 0 Å². The maximum Gasteiger partial charge on any atom is 0.258 e. The molecule has 0 aliphatic carbocycles. The lowest BCUT2D eigenvalue weighted by Crippen LogP contribution is -2.31. The molecule has 122 valence electrons. The smallest absolute Gasteiger partial charge is 0.258 e. The Morgan fingerprint density at radius 2 is 1.96 bits per heavy atom. The standard InChI is InChI=1S/C17H17BrClNO3/c1-2-7-20(10-11-5-3-4-6-15(11)21)17(23)13-8-12(19)9-14(18)16(13)22/h3-6,8-9,21-22H,2,7,10H2,1H3. The molecule has 2 N–H and O–H groups in total. The van der Waals surface area contributed by atoms with Gasteiger partial charge >= 0.3 is 0 Å². The summed E-state index contributed by atoms with van der Waals surface area (Å²) in [5.41, 5.74) is 0.781. The van der Waals surface area contributed by atoms with Gasteiger partial charge in [0, 0.05) is 23.7 Å². The lowest BCUT2D eigenvalue weighted by atomic mass is 10.1. The van der Waals surface area contributed by atoms with Crippen molar-refractivity contribution in [2.24, 2.45) is 0 Å². The van der Waals surface area contributed by atoms with E-state index < -0.39 is 0 Å². The molecule has 1 amide bonds. The zero-order valence-corrected chi connectivity index (χ0v) is 14.9. The van der Waals surface area contributed by atoms with E-state index in [4.69, 9.17) is 11.6 Å². The van der Waals surface area contributed by atoms with Crippen molar-refractivity contribution in [3.63, 3.8) is 0 Å². The normalized spacial score (nSPS) is 10.6. The number of amides is 1. The molecular weight excluding hydrogens is 382 g/mol. The Bertz CT molecular complexity index is 721. The summed E-state index contributed by atoms with van der Waals surface area (Å²) in [6, 6.07) is 9.84. The lowest BCUT2D eigenvalue weighted by Gasteiger charge is -2.23. The molecule has 0 atom stereocenters. The van der Waals surface area contributed by atoms with Gasteiger partial charge in [0.15, 0.2) is 0 Å². The molecule has 4 nitrogen and oxygen atoms in total. The number of hydrogen-bond acceptors (Lipinski definition) is 3. The van der Waals surface area contributed by atoms with Crippen LogP contribution in [0.2, 0.25) is 5.02 Å². The molecule has 0 aromatic heterocycles. The van der Waals surface area contributed by atoms with Crippen LogP contribution in [0, 0.1) is 0 Å². The number of carbonyl (C=O) groups is 1. The highest BCUT2D eigenvalue weighted by molar-refractivity contribution is 9.10. The van der Waals surface area contributed by atoms with Crippen LogP contribution in [0.5, 0.6) is 11.5 Å². The van der Waals surface area contributed by atoms with Gasteiger partial charge in [-0.2, -0.15) is 0 Å². The van der Waals surface area contributed by atoms with Crippen LogP contribution in [0.4, 0.5) is 0 Å². The monoisotopic (exact) mass is 397 g/mol. The highest BCUT2D eigenvalue weighted by Crippen LogP contribution is 2.32. The summed E-state index contributed by atoms with van der Waals surface area (Å²) in [6.45, 7) is 2.71. The van der Waals surface area contributed by atoms with Gasteiger partial charge in [0.1, 0.15) is 11.5 Å². The number of para-hydroxylation sites is 1. The molecule has 0 bridgehead atoms. The van der Waals surface area contributed by atoms with E-state index in [2.05, 4.69) is 15.9 Å². The van der Waals surface area contributed by atoms with Crippen molar-refractivity contribution in [1.82, 2.24) is 4.90 Å². The van der Waals surface area contributed by atoms with Gasteiger partial charge in [0.25, 0.3) is 5.91 Å². The van der Waals surface area contributed by atoms with Crippen molar-refractivity contribution >= 4 is 33.4 Å². The zero-order valence-electron chi connectivity index (χ0n) is 12.6. The van der Waals surface area contributed by atoms with Gasteiger partial charge in [0.2, 0.25) is 0 Å². The van der Waals surface area contributed by atoms with E-state index in [1.165, 1.54) is 12.1 Å². The summed E-state index contributed by atoms with van der Waals surface area (Å²) in [7, 11) is 0. The van der Waals surface area contributed by atoms with Crippen LogP contribution in [-0.2, 0) is 6.54 Å². The molecule has 0 fully saturated rings. The third-order valence-electron chi connectivity index (χ3n) is 3.39. The Hall–Kier alpha value is -1.72. The van der Waals surface area contributed by atoms with E-state index in [-0.39, 0.29) is 29.5 Å². The molecule has 2 aromatic rings. The summed E-state index contributed by atoms with van der Waals surface area (Å²) in [6.07, 6.45) is 0.752. The number of benzene rings is 2. The van der Waals surface area contributed by atoms with E-state index in [9.17, 15) is 15.0 Å². The van der Waals surface area contributed by atoms with E-state index in [1.54, 1.807) is 29.2 Å². The SMILES string of the molecule is CCCN(Cc1ccccc1O)C(=O)c1cc(Cl)cc(Br)c1O. The molecule has 0 spiro atoms. The van der Waals surface area contributed by atoms with Crippen molar-refractivity contribution in [3.05, 3.63) is 57.0 Å². The Morgan fingerprint density at radius 3 is 2.61 bits per heavy atom. The highest BCUT2D eigenvalue weighted by atomic mass is 79.9. The van der Waals surface area contributed by atoms with Crippen molar-refractivity contribution in [2.75, 3.05) is 6.54 Å². The van der Waals surface area contributed by atoms with Crippen molar-refractivity contribution in [2.45, 2.75) is 19.9 Å². The molecule has 0 aliphatic rings. The predicted octanol–water partition coefficient (Wildman–Crippen LogP) is 4.57. The summed E-state index contributed by atoms with van der Waals surface area (Å²) in [5.74, 6) is -0.341.